The maximum absolute atomic E-state index is 8.95. The lowest BCUT2D eigenvalue weighted by Crippen LogP contribution is -2.29. The fourth-order valence-corrected chi connectivity index (χ4v) is 3.09. The number of nitriles is 1. The third-order valence-electron chi connectivity index (χ3n) is 2.84. The summed E-state index contributed by atoms with van der Waals surface area (Å²) in [7, 11) is 0. The summed E-state index contributed by atoms with van der Waals surface area (Å²) < 4.78 is 5.51. The zero-order chi connectivity index (χ0) is 11.8. The fraction of sp³-hybridized carbons (Fsp3) is 0.917. The van der Waals surface area contributed by atoms with Gasteiger partial charge in [0.05, 0.1) is 18.2 Å². The number of hydrogen-bond donors (Lipinski definition) is 1. The van der Waals surface area contributed by atoms with E-state index in [2.05, 4.69) is 25.2 Å². The van der Waals surface area contributed by atoms with E-state index in [9.17, 15) is 0 Å². The lowest BCUT2D eigenvalue weighted by molar-refractivity contribution is 0.127. The molecule has 1 saturated heterocycles. The Kier molecular flexibility index (Phi) is 6.86. The molecule has 0 spiro atoms. The molecule has 0 aliphatic carbocycles. The summed E-state index contributed by atoms with van der Waals surface area (Å²) in [4.78, 5) is 0. The van der Waals surface area contributed by atoms with E-state index in [0.717, 1.165) is 38.2 Å². The maximum Gasteiger partial charge on any atom is 0.0960 e. The summed E-state index contributed by atoms with van der Waals surface area (Å²) in [5.41, 5.74) is 0. The minimum atomic E-state index is 0.0186. The molecule has 0 amide bonds. The predicted octanol–water partition coefficient (Wildman–Crippen LogP) is 2.18. The van der Waals surface area contributed by atoms with Crippen molar-refractivity contribution in [2.45, 2.75) is 50.5 Å². The van der Waals surface area contributed by atoms with Gasteiger partial charge in [0.25, 0.3) is 0 Å². The van der Waals surface area contributed by atoms with Gasteiger partial charge >= 0.3 is 0 Å². The lowest BCUT2D eigenvalue weighted by atomic mass is 10.2. The van der Waals surface area contributed by atoms with Crippen LogP contribution in [-0.2, 0) is 4.74 Å². The van der Waals surface area contributed by atoms with Gasteiger partial charge in [0.2, 0.25) is 0 Å². The number of thioether (sulfide) groups is 1. The highest BCUT2D eigenvalue weighted by Gasteiger charge is 2.24. The summed E-state index contributed by atoms with van der Waals surface area (Å²) in [6.45, 7) is 6.09. The third kappa shape index (κ3) is 4.73. The largest absolute Gasteiger partial charge is 0.377 e. The van der Waals surface area contributed by atoms with Crippen molar-refractivity contribution in [1.82, 2.24) is 5.32 Å². The highest BCUT2D eigenvalue weighted by molar-refractivity contribution is 7.99. The van der Waals surface area contributed by atoms with Crippen molar-refractivity contribution in [3.8, 4) is 6.07 Å². The Labute approximate surface area is 103 Å². The number of ether oxygens (including phenoxy) is 1. The molecule has 1 heterocycles. The summed E-state index contributed by atoms with van der Waals surface area (Å²) in [6.07, 6.45) is 3.56. The van der Waals surface area contributed by atoms with Gasteiger partial charge in [-0.15, -0.1) is 0 Å². The first-order valence-corrected chi connectivity index (χ1v) is 7.19. The van der Waals surface area contributed by atoms with Gasteiger partial charge in [0.1, 0.15) is 0 Å². The average molecular weight is 242 g/mol. The fourth-order valence-electron chi connectivity index (χ4n) is 1.80. The Morgan fingerprint density at radius 2 is 2.44 bits per heavy atom. The Hall–Kier alpha value is -0.240. The highest BCUT2D eigenvalue weighted by atomic mass is 32.2. The third-order valence-corrected chi connectivity index (χ3v) is 4.36. The van der Waals surface area contributed by atoms with Crippen molar-refractivity contribution in [1.29, 1.82) is 5.26 Å². The van der Waals surface area contributed by atoms with E-state index in [-0.39, 0.29) is 6.04 Å². The first-order valence-electron chi connectivity index (χ1n) is 6.14. The molecule has 0 aromatic heterocycles. The number of nitrogens with one attached hydrogen (secondary N) is 1. The molecule has 1 fully saturated rings. The minimum Gasteiger partial charge on any atom is -0.377 e. The SMILES string of the molecule is CCCNC(C#N)CCSC1CCOC1C. The van der Waals surface area contributed by atoms with Crippen LogP contribution in [0.15, 0.2) is 0 Å². The molecule has 1 aliphatic heterocycles. The standard InChI is InChI=1S/C12H22N2OS/c1-3-6-14-11(9-13)5-8-16-12-4-7-15-10(12)2/h10-12,14H,3-8H2,1-2H3. The second kappa shape index (κ2) is 7.94. The molecular formula is C12H22N2OS. The topological polar surface area (TPSA) is 45.0 Å². The van der Waals surface area contributed by atoms with Crippen LogP contribution >= 0.6 is 11.8 Å². The van der Waals surface area contributed by atoms with Crippen molar-refractivity contribution < 1.29 is 4.74 Å². The highest BCUT2D eigenvalue weighted by Crippen LogP contribution is 2.26. The van der Waals surface area contributed by atoms with Crippen molar-refractivity contribution >= 4 is 11.8 Å². The van der Waals surface area contributed by atoms with Crippen LogP contribution in [0.4, 0.5) is 0 Å². The van der Waals surface area contributed by atoms with Gasteiger partial charge in [0, 0.05) is 11.9 Å². The Balaban J connectivity index is 2.11. The van der Waals surface area contributed by atoms with Crippen LogP contribution in [0.3, 0.4) is 0 Å². The zero-order valence-corrected chi connectivity index (χ0v) is 11.1. The minimum absolute atomic E-state index is 0.0186. The molecule has 3 unspecified atom stereocenters. The molecule has 1 rings (SSSR count). The van der Waals surface area contributed by atoms with Crippen molar-refractivity contribution in [3.63, 3.8) is 0 Å². The molecule has 1 N–H and O–H groups in total. The van der Waals surface area contributed by atoms with Crippen LogP contribution in [-0.4, -0.2) is 36.3 Å². The van der Waals surface area contributed by atoms with E-state index < -0.39 is 0 Å². The van der Waals surface area contributed by atoms with Gasteiger partial charge in [-0.3, -0.25) is 0 Å². The Bertz CT molecular complexity index is 230. The summed E-state index contributed by atoms with van der Waals surface area (Å²) >= 11 is 1.95. The van der Waals surface area contributed by atoms with Gasteiger partial charge in [0.15, 0.2) is 0 Å². The number of hydrogen-bond acceptors (Lipinski definition) is 4. The molecule has 3 nitrogen and oxygen atoms in total. The van der Waals surface area contributed by atoms with E-state index in [0.29, 0.717) is 11.4 Å². The van der Waals surface area contributed by atoms with E-state index >= 15 is 0 Å². The van der Waals surface area contributed by atoms with E-state index in [1.54, 1.807) is 0 Å². The first-order chi connectivity index (χ1) is 7.77. The Morgan fingerprint density at radius 1 is 1.62 bits per heavy atom. The maximum atomic E-state index is 8.95. The van der Waals surface area contributed by atoms with Gasteiger partial charge in [-0.25, -0.2) is 0 Å². The Morgan fingerprint density at radius 3 is 3.00 bits per heavy atom. The van der Waals surface area contributed by atoms with E-state index in [4.69, 9.17) is 10.00 Å². The molecule has 92 valence electrons. The molecule has 0 saturated carbocycles. The number of nitrogens with zero attached hydrogens (tertiary/aromatic N) is 1. The van der Waals surface area contributed by atoms with Gasteiger partial charge in [-0.2, -0.15) is 17.0 Å². The second-order valence-electron chi connectivity index (χ2n) is 4.20. The average Bonchev–Trinajstić information content (AvgIpc) is 2.69. The monoisotopic (exact) mass is 242 g/mol. The quantitative estimate of drug-likeness (QED) is 0.743. The number of rotatable bonds is 7. The predicted molar refractivity (Wildman–Crippen MR) is 68.6 cm³/mol. The van der Waals surface area contributed by atoms with Gasteiger partial charge < -0.3 is 10.1 Å². The summed E-state index contributed by atoms with van der Waals surface area (Å²) in [5, 5.41) is 12.8. The molecule has 4 heteroatoms. The summed E-state index contributed by atoms with van der Waals surface area (Å²) in [5.74, 6) is 1.05. The smallest absolute Gasteiger partial charge is 0.0960 e. The molecule has 3 atom stereocenters. The second-order valence-corrected chi connectivity index (χ2v) is 5.55. The van der Waals surface area contributed by atoms with Crippen LogP contribution < -0.4 is 5.32 Å². The van der Waals surface area contributed by atoms with Crippen LogP contribution in [0.2, 0.25) is 0 Å². The van der Waals surface area contributed by atoms with E-state index in [1.807, 2.05) is 11.8 Å². The molecule has 0 bridgehead atoms. The molecule has 0 aromatic rings. The van der Waals surface area contributed by atoms with Gasteiger partial charge in [-0.1, -0.05) is 6.92 Å². The normalized spacial score (nSPS) is 26.6. The van der Waals surface area contributed by atoms with Crippen LogP contribution in [0.5, 0.6) is 0 Å². The molecule has 0 aromatic carbocycles. The molecule has 1 aliphatic rings. The molecule has 16 heavy (non-hydrogen) atoms. The zero-order valence-electron chi connectivity index (χ0n) is 10.2. The molecular weight excluding hydrogens is 220 g/mol. The summed E-state index contributed by atoms with van der Waals surface area (Å²) in [6, 6.07) is 2.34. The first kappa shape index (κ1) is 13.8. The van der Waals surface area contributed by atoms with Crippen LogP contribution in [0.25, 0.3) is 0 Å². The van der Waals surface area contributed by atoms with E-state index in [1.165, 1.54) is 0 Å². The van der Waals surface area contributed by atoms with Crippen molar-refractivity contribution in [3.05, 3.63) is 0 Å². The van der Waals surface area contributed by atoms with Crippen molar-refractivity contribution in [2.75, 3.05) is 18.9 Å². The van der Waals surface area contributed by atoms with Crippen LogP contribution in [0, 0.1) is 11.3 Å². The van der Waals surface area contributed by atoms with Crippen LogP contribution in [0.1, 0.15) is 33.1 Å². The lowest BCUT2D eigenvalue weighted by Gasteiger charge is -2.15. The molecule has 0 radical (unpaired) electrons. The van der Waals surface area contributed by atoms with Crippen molar-refractivity contribution in [2.24, 2.45) is 0 Å². The van der Waals surface area contributed by atoms with Gasteiger partial charge in [-0.05, 0) is 38.5 Å².